The van der Waals surface area contributed by atoms with Crippen molar-refractivity contribution in [3.05, 3.63) is 83.6 Å². The lowest BCUT2D eigenvalue weighted by molar-refractivity contribution is -0.112. The molecule has 0 aliphatic carbocycles. The van der Waals surface area contributed by atoms with Crippen molar-refractivity contribution in [3.63, 3.8) is 0 Å². The highest BCUT2D eigenvalue weighted by Crippen LogP contribution is 2.29. The number of nitriles is 1. The molecule has 0 saturated carbocycles. The molecule has 0 saturated heterocycles. The van der Waals surface area contributed by atoms with Crippen LogP contribution in [0.15, 0.2) is 72.4 Å². The SMILES string of the molecule is N#C/C(=C/NCc1ccc(C(=O)O)cc1)C(=O)Nc1cccc2c(O)cccc12. The van der Waals surface area contributed by atoms with Gasteiger partial charge in [0.2, 0.25) is 0 Å². The predicted octanol–water partition coefficient (Wildman–Crippen LogP) is 3.38. The average Bonchev–Trinajstić information content (AvgIpc) is 2.72. The molecule has 0 unspecified atom stereocenters. The Morgan fingerprint density at radius 2 is 1.69 bits per heavy atom. The molecule has 0 bridgehead atoms. The fourth-order valence-corrected chi connectivity index (χ4v) is 2.78. The fourth-order valence-electron chi connectivity index (χ4n) is 2.78. The van der Waals surface area contributed by atoms with Crippen LogP contribution in [-0.2, 0) is 11.3 Å². The number of carboxylic acids is 1. The van der Waals surface area contributed by atoms with Crippen molar-refractivity contribution in [3.8, 4) is 11.8 Å². The van der Waals surface area contributed by atoms with Crippen molar-refractivity contribution in [2.45, 2.75) is 6.54 Å². The van der Waals surface area contributed by atoms with Crippen LogP contribution in [0.2, 0.25) is 0 Å². The summed E-state index contributed by atoms with van der Waals surface area (Å²) in [7, 11) is 0. The van der Waals surface area contributed by atoms with E-state index in [4.69, 9.17) is 5.11 Å². The zero-order valence-electron chi connectivity index (χ0n) is 15.2. The molecule has 0 heterocycles. The van der Waals surface area contributed by atoms with Crippen molar-refractivity contribution in [1.82, 2.24) is 5.32 Å². The summed E-state index contributed by atoms with van der Waals surface area (Å²) in [5.74, 6) is -1.49. The van der Waals surface area contributed by atoms with Gasteiger partial charge < -0.3 is 20.8 Å². The van der Waals surface area contributed by atoms with Gasteiger partial charge in [-0.15, -0.1) is 0 Å². The van der Waals surface area contributed by atoms with Crippen LogP contribution >= 0.6 is 0 Å². The Labute approximate surface area is 166 Å². The maximum Gasteiger partial charge on any atom is 0.335 e. The number of amides is 1. The average molecular weight is 387 g/mol. The number of nitrogens with one attached hydrogen (secondary N) is 2. The molecule has 0 atom stereocenters. The van der Waals surface area contributed by atoms with Gasteiger partial charge in [0.05, 0.1) is 5.56 Å². The van der Waals surface area contributed by atoms with E-state index in [9.17, 15) is 20.0 Å². The molecular formula is C22H17N3O4. The molecule has 1 amide bonds. The van der Waals surface area contributed by atoms with Crippen molar-refractivity contribution >= 4 is 28.3 Å². The van der Waals surface area contributed by atoms with Crippen LogP contribution in [0.3, 0.4) is 0 Å². The Hall–Kier alpha value is -4.31. The predicted molar refractivity (Wildman–Crippen MR) is 108 cm³/mol. The minimum atomic E-state index is -1.01. The number of hydrogen-bond donors (Lipinski definition) is 4. The smallest absolute Gasteiger partial charge is 0.335 e. The van der Waals surface area contributed by atoms with Crippen molar-refractivity contribution in [2.75, 3.05) is 5.32 Å². The molecule has 0 aliphatic heterocycles. The summed E-state index contributed by atoms with van der Waals surface area (Å²) in [4.78, 5) is 23.3. The van der Waals surface area contributed by atoms with Gasteiger partial charge in [-0.1, -0.05) is 36.4 Å². The van der Waals surface area contributed by atoms with Crippen molar-refractivity contribution in [2.24, 2.45) is 0 Å². The zero-order chi connectivity index (χ0) is 20.8. The van der Waals surface area contributed by atoms with Crippen LogP contribution in [0.1, 0.15) is 15.9 Å². The van der Waals surface area contributed by atoms with E-state index in [1.807, 2.05) is 6.07 Å². The van der Waals surface area contributed by atoms with E-state index in [2.05, 4.69) is 10.6 Å². The van der Waals surface area contributed by atoms with Crippen LogP contribution in [0.4, 0.5) is 5.69 Å². The third-order valence-electron chi connectivity index (χ3n) is 4.27. The Kier molecular flexibility index (Phi) is 5.76. The van der Waals surface area contributed by atoms with Gasteiger partial charge in [-0.25, -0.2) is 4.79 Å². The Bertz CT molecular complexity index is 1140. The molecule has 0 aliphatic rings. The fraction of sp³-hybridized carbons (Fsp3) is 0.0455. The number of carbonyl (C=O) groups excluding carboxylic acids is 1. The number of fused-ring (bicyclic) bond motifs is 1. The van der Waals surface area contributed by atoms with Crippen LogP contribution in [-0.4, -0.2) is 22.1 Å². The molecule has 0 fully saturated rings. The number of benzene rings is 3. The van der Waals surface area contributed by atoms with Crippen LogP contribution in [0.25, 0.3) is 10.8 Å². The highest BCUT2D eigenvalue weighted by molar-refractivity contribution is 6.11. The molecule has 3 rings (SSSR count). The number of anilines is 1. The molecule has 3 aromatic rings. The van der Waals surface area contributed by atoms with Gasteiger partial charge in [0.25, 0.3) is 5.91 Å². The zero-order valence-corrected chi connectivity index (χ0v) is 15.2. The first-order valence-electron chi connectivity index (χ1n) is 8.67. The monoisotopic (exact) mass is 387 g/mol. The van der Waals surface area contributed by atoms with Gasteiger partial charge in [0.1, 0.15) is 17.4 Å². The molecule has 144 valence electrons. The normalized spacial score (nSPS) is 10.9. The molecule has 0 aromatic heterocycles. The summed E-state index contributed by atoms with van der Waals surface area (Å²) < 4.78 is 0. The minimum absolute atomic E-state index is 0.102. The van der Waals surface area contributed by atoms with E-state index in [0.29, 0.717) is 23.0 Å². The Balaban J connectivity index is 1.70. The van der Waals surface area contributed by atoms with E-state index in [-0.39, 0.29) is 16.9 Å². The summed E-state index contributed by atoms with van der Waals surface area (Å²) in [5, 5.41) is 35.0. The maximum atomic E-state index is 12.5. The van der Waals surface area contributed by atoms with Gasteiger partial charge in [0.15, 0.2) is 0 Å². The number of phenolic OH excluding ortho intramolecular Hbond substituents is 1. The van der Waals surface area contributed by atoms with Crippen molar-refractivity contribution < 1.29 is 19.8 Å². The summed E-state index contributed by atoms with van der Waals surface area (Å²) in [6, 6.07) is 18.2. The van der Waals surface area contributed by atoms with Gasteiger partial charge >= 0.3 is 5.97 Å². The number of carbonyl (C=O) groups is 2. The van der Waals surface area contributed by atoms with Crippen LogP contribution in [0.5, 0.6) is 5.75 Å². The second kappa shape index (κ2) is 8.59. The highest BCUT2D eigenvalue weighted by Gasteiger charge is 2.12. The summed E-state index contributed by atoms with van der Waals surface area (Å²) in [6.45, 7) is 0.320. The molecule has 0 spiro atoms. The summed E-state index contributed by atoms with van der Waals surface area (Å²) in [6.07, 6.45) is 1.31. The van der Waals surface area contributed by atoms with E-state index in [0.717, 1.165) is 5.56 Å². The standard InChI is InChI=1S/C22H17N3O4/c23-11-16(13-24-12-14-7-9-15(10-8-14)22(28)29)21(27)25-19-5-1-4-18-17(19)3-2-6-20(18)26/h1-10,13,24,26H,12H2,(H,25,27)(H,28,29)/b16-13-. The molecule has 29 heavy (non-hydrogen) atoms. The summed E-state index contributed by atoms with van der Waals surface area (Å²) in [5.41, 5.74) is 1.34. The summed E-state index contributed by atoms with van der Waals surface area (Å²) >= 11 is 0. The molecule has 7 nitrogen and oxygen atoms in total. The quantitative estimate of drug-likeness (QED) is 0.380. The largest absolute Gasteiger partial charge is 0.507 e. The molecule has 3 aromatic carbocycles. The third kappa shape index (κ3) is 4.51. The number of hydrogen-bond acceptors (Lipinski definition) is 5. The lowest BCUT2D eigenvalue weighted by Crippen LogP contribution is -2.16. The molecular weight excluding hydrogens is 370 g/mol. The highest BCUT2D eigenvalue weighted by atomic mass is 16.4. The van der Waals surface area contributed by atoms with E-state index in [1.165, 1.54) is 18.3 Å². The van der Waals surface area contributed by atoms with Gasteiger partial charge in [-0.2, -0.15) is 5.26 Å². The molecule has 4 N–H and O–H groups in total. The van der Waals surface area contributed by atoms with Crippen LogP contribution < -0.4 is 10.6 Å². The van der Waals surface area contributed by atoms with Gasteiger partial charge in [-0.05, 0) is 29.8 Å². The Morgan fingerprint density at radius 1 is 1.00 bits per heavy atom. The number of nitrogens with zero attached hydrogens (tertiary/aromatic N) is 1. The number of rotatable bonds is 6. The van der Waals surface area contributed by atoms with Gasteiger partial charge in [-0.3, -0.25) is 4.79 Å². The van der Waals surface area contributed by atoms with E-state index in [1.54, 1.807) is 48.5 Å². The first kappa shape index (κ1) is 19.5. The first-order valence-corrected chi connectivity index (χ1v) is 8.67. The lowest BCUT2D eigenvalue weighted by Gasteiger charge is -2.09. The van der Waals surface area contributed by atoms with Crippen molar-refractivity contribution in [1.29, 1.82) is 5.26 Å². The number of carboxylic acid groups (broad SMARTS) is 1. The van der Waals surface area contributed by atoms with Crippen LogP contribution in [0, 0.1) is 11.3 Å². The second-order valence-electron chi connectivity index (χ2n) is 6.18. The van der Waals surface area contributed by atoms with E-state index < -0.39 is 11.9 Å². The van der Waals surface area contributed by atoms with Gasteiger partial charge in [0, 0.05) is 29.2 Å². The Morgan fingerprint density at radius 3 is 2.38 bits per heavy atom. The van der Waals surface area contributed by atoms with E-state index >= 15 is 0 Å². The topological polar surface area (TPSA) is 122 Å². The number of phenols is 1. The number of aromatic hydroxyl groups is 1. The molecule has 0 radical (unpaired) electrons. The number of aromatic carboxylic acids is 1. The second-order valence-corrected chi connectivity index (χ2v) is 6.18. The first-order chi connectivity index (χ1) is 14.0. The maximum absolute atomic E-state index is 12.5. The third-order valence-corrected chi connectivity index (χ3v) is 4.27. The minimum Gasteiger partial charge on any atom is -0.507 e. The molecule has 7 heteroatoms. The lowest BCUT2D eigenvalue weighted by atomic mass is 10.1.